The number of rotatable bonds is 3. The largest absolute Gasteiger partial charge is 0.384 e. The lowest BCUT2D eigenvalue weighted by atomic mass is 9.66. The van der Waals surface area contributed by atoms with Crippen molar-refractivity contribution in [2.75, 3.05) is 6.54 Å². The van der Waals surface area contributed by atoms with Crippen LogP contribution in [0.3, 0.4) is 0 Å². The number of nitrogens with one attached hydrogen (secondary N) is 1. The molecule has 126 valence electrons. The normalized spacial score (nSPS) is 33.0. The van der Waals surface area contributed by atoms with Gasteiger partial charge in [0.1, 0.15) is 12.1 Å². The molecule has 24 heavy (non-hydrogen) atoms. The zero-order valence-corrected chi connectivity index (χ0v) is 14.3. The van der Waals surface area contributed by atoms with E-state index in [9.17, 15) is 5.11 Å². The molecule has 0 bridgehead atoms. The SMILES string of the molecule is O[C@]1(c2ccccc2)CC[NH+](Cc2ccccc2)[C@H]2CCCC[C@@H]21. The monoisotopic (exact) mass is 322 g/mol. The summed E-state index contributed by atoms with van der Waals surface area (Å²) in [4.78, 5) is 1.67. The molecular formula is C22H28NO+. The van der Waals surface area contributed by atoms with Crippen LogP contribution < -0.4 is 4.90 Å². The van der Waals surface area contributed by atoms with Crippen molar-refractivity contribution in [1.29, 1.82) is 0 Å². The Kier molecular flexibility index (Phi) is 4.43. The molecule has 0 spiro atoms. The number of fused-ring (bicyclic) bond motifs is 1. The van der Waals surface area contributed by atoms with Gasteiger partial charge in [-0.25, -0.2) is 0 Å². The van der Waals surface area contributed by atoms with Gasteiger partial charge in [0.25, 0.3) is 0 Å². The molecule has 1 heterocycles. The number of quaternary nitrogens is 1. The van der Waals surface area contributed by atoms with Crippen LogP contribution in [0.1, 0.15) is 43.2 Å². The number of piperidine rings is 1. The summed E-state index contributed by atoms with van der Waals surface area (Å²) in [5.74, 6) is 0.390. The predicted octanol–water partition coefficient (Wildman–Crippen LogP) is 2.92. The average molecular weight is 322 g/mol. The summed E-state index contributed by atoms with van der Waals surface area (Å²) in [6.45, 7) is 2.15. The van der Waals surface area contributed by atoms with Gasteiger partial charge in [-0.3, -0.25) is 0 Å². The Hall–Kier alpha value is -1.64. The fourth-order valence-corrected chi connectivity index (χ4v) is 5.08. The molecule has 4 atom stereocenters. The summed E-state index contributed by atoms with van der Waals surface area (Å²) >= 11 is 0. The van der Waals surface area contributed by atoms with Crippen molar-refractivity contribution < 1.29 is 10.0 Å². The second-order valence-electron chi connectivity index (χ2n) is 7.61. The van der Waals surface area contributed by atoms with Gasteiger partial charge in [0.05, 0.1) is 12.6 Å². The standard InChI is InChI=1S/C22H27NO/c24-22(19-11-5-2-6-12-19)15-16-23(17-18-9-3-1-4-10-18)21-14-8-7-13-20(21)22/h1-6,9-12,20-21,24H,7-8,13-17H2/p+1/t20-,21-,22-/m0/s1. The molecule has 0 radical (unpaired) electrons. The Morgan fingerprint density at radius 1 is 0.917 bits per heavy atom. The Morgan fingerprint density at radius 3 is 2.33 bits per heavy atom. The molecule has 1 saturated heterocycles. The average Bonchev–Trinajstić information content (AvgIpc) is 2.66. The molecule has 1 unspecified atom stereocenters. The molecular weight excluding hydrogens is 294 g/mol. The van der Waals surface area contributed by atoms with Crippen LogP contribution in [0.2, 0.25) is 0 Å². The van der Waals surface area contributed by atoms with Crippen molar-refractivity contribution in [3.8, 4) is 0 Å². The highest BCUT2D eigenvalue weighted by Crippen LogP contribution is 2.42. The van der Waals surface area contributed by atoms with Crippen LogP contribution >= 0.6 is 0 Å². The van der Waals surface area contributed by atoms with E-state index >= 15 is 0 Å². The molecule has 1 aliphatic carbocycles. The van der Waals surface area contributed by atoms with Gasteiger partial charge in [-0.1, -0.05) is 67.1 Å². The van der Waals surface area contributed by atoms with Gasteiger partial charge in [-0.15, -0.1) is 0 Å². The highest BCUT2D eigenvalue weighted by Gasteiger charge is 2.51. The van der Waals surface area contributed by atoms with Gasteiger partial charge in [0.15, 0.2) is 0 Å². The topological polar surface area (TPSA) is 24.7 Å². The fraction of sp³-hybridized carbons (Fsp3) is 0.455. The van der Waals surface area contributed by atoms with E-state index in [2.05, 4.69) is 54.6 Å². The number of likely N-dealkylation sites (tertiary alicyclic amines) is 1. The first-order chi connectivity index (χ1) is 11.8. The first-order valence-corrected chi connectivity index (χ1v) is 9.44. The first-order valence-electron chi connectivity index (χ1n) is 9.44. The molecule has 2 N–H and O–H groups in total. The lowest BCUT2D eigenvalue weighted by Crippen LogP contribution is -3.17. The summed E-state index contributed by atoms with van der Waals surface area (Å²) in [7, 11) is 0. The molecule has 2 aromatic carbocycles. The third-order valence-electron chi connectivity index (χ3n) is 6.28. The Labute approximate surface area is 145 Å². The third-order valence-corrected chi connectivity index (χ3v) is 6.28. The predicted molar refractivity (Wildman–Crippen MR) is 96.7 cm³/mol. The summed E-state index contributed by atoms with van der Waals surface area (Å²) < 4.78 is 0. The van der Waals surface area contributed by atoms with E-state index in [1.165, 1.54) is 24.8 Å². The van der Waals surface area contributed by atoms with E-state index in [-0.39, 0.29) is 0 Å². The van der Waals surface area contributed by atoms with E-state index < -0.39 is 5.60 Å². The minimum absolute atomic E-state index is 0.390. The van der Waals surface area contributed by atoms with Crippen molar-refractivity contribution in [2.24, 2.45) is 5.92 Å². The second kappa shape index (κ2) is 6.70. The van der Waals surface area contributed by atoms with Gasteiger partial charge >= 0.3 is 0 Å². The molecule has 0 amide bonds. The van der Waals surface area contributed by atoms with E-state index in [1.807, 2.05) is 6.07 Å². The summed E-state index contributed by atoms with van der Waals surface area (Å²) in [5.41, 5.74) is 1.91. The molecule has 2 heteroatoms. The molecule has 1 saturated carbocycles. The maximum Gasteiger partial charge on any atom is 0.103 e. The minimum Gasteiger partial charge on any atom is -0.384 e. The Balaban J connectivity index is 1.60. The first kappa shape index (κ1) is 15.9. The Bertz CT molecular complexity index is 656. The van der Waals surface area contributed by atoms with Crippen LogP contribution in [-0.4, -0.2) is 17.7 Å². The molecule has 4 rings (SSSR count). The molecule has 1 aliphatic heterocycles. The summed E-state index contributed by atoms with van der Waals surface area (Å²) in [6, 6.07) is 21.8. The molecule has 2 nitrogen and oxygen atoms in total. The maximum absolute atomic E-state index is 11.6. The van der Waals surface area contributed by atoms with E-state index in [0.29, 0.717) is 12.0 Å². The van der Waals surface area contributed by atoms with E-state index in [1.54, 1.807) is 4.90 Å². The van der Waals surface area contributed by atoms with Crippen molar-refractivity contribution in [2.45, 2.75) is 50.3 Å². The van der Waals surface area contributed by atoms with Crippen LogP contribution in [0.4, 0.5) is 0 Å². The minimum atomic E-state index is -0.632. The van der Waals surface area contributed by atoms with Crippen LogP contribution in [0.5, 0.6) is 0 Å². The van der Waals surface area contributed by atoms with E-state index in [4.69, 9.17) is 0 Å². The quantitative estimate of drug-likeness (QED) is 0.892. The number of hydrogen-bond acceptors (Lipinski definition) is 1. The van der Waals surface area contributed by atoms with Gasteiger partial charge in [-0.2, -0.15) is 0 Å². The maximum atomic E-state index is 11.6. The third kappa shape index (κ3) is 2.89. The van der Waals surface area contributed by atoms with Crippen molar-refractivity contribution in [3.05, 3.63) is 71.8 Å². The zero-order chi connectivity index (χ0) is 16.4. The van der Waals surface area contributed by atoms with Gasteiger partial charge < -0.3 is 10.0 Å². The lowest BCUT2D eigenvalue weighted by molar-refractivity contribution is -0.952. The fourth-order valence-electron chi connectivity index (χ4n) is 5.08. The zero-order valence-electron chi connectivity index (χ0n) is 14.3. The van der Waals surface area contributed by atoms with Crippen LogP contribution in [-0.2, 0) is 12.1 Å². The number of benzene rings is 2. The highest BCUT2D eigenvalue weighted by molar-refractivity contribution is 5.24. The van der Waals surface area contributed by atoms with Crippen LogP contribution in [0.25, 0.3) is 0 Å². The number of hydrogen-bond donors (Lipinski definition) is 2. The van der Waals surface area contributed by atoms with Crippen molar-refractivity contribution >= 4 is 0 Å². The van der Waals surface area contributed by atoms with Gasteiger partial charge in [0, 0.05) is 17.9 Å². The van der Waals surface area contributed by atoms with Crippen LogP contribution in [0.15, 0.2) is 60.7 Å². The summed E-state index contributed by atoms with van der Waals surface area (Å²) in [5, 5.41) is 11.6. The summed E-state index contributed by atoms with van der Waals surface area (Å²) in [6.07, 6.45) is 5.86. The molecule has 0 aromatic heterocycles. The molecule has 2 fully saturated rings. The molecule has 2 aromatic rings. The second-order valence-corrected chi connectivity index (χ2v) is 7.61. The number of aliphatic hydroxyl groups is 1. The smallest absolute Gasteiger partial charge is 0.103 e. The lowest BCUT2D eigenvalue weighted by Gasteiger charge is -2.50. The van der Waals surface area contributed by atoms with Crippen molar-refractivity contribution in [1.82, 2.24) is 0 Å². The van der Waals surface area contributed by atoms with E-state index in [0.717, 1.165) is 31.5 Å². The highest BCUT2D eigenvalue weighted by atomic mass is 16.3. The van der Waals surface area contributed by atoms with Gasteiger partial charge in [0.2, 0.25) is 0 Å². The van der Waals surface area contributed by atoms with Gasteiger partial charge in [-0.05, 0) is 24.8 Å². The van der Waals surface area contributed by atoms with Crippen molar-refractivity contribution in [3.63, 3.8) is 0 Å². The van der Waals surface area contributed by atoms with Crippen LogP contribution in [0, 0.1) is 5.92 Å². The molecule has 2 aliphatic rings. The Morgan fingerprint density at radius 2 is 1.58 bits per heavy atom.